The Labute approximate surface area is 159 Å². The van der Waals surface area contributed by atoms with Gasteiger partial charge >= 0.3 is 0 Å². The Morgan fingerprint density at radius 3 is 2.56 bits per heavy atom. The van der Waals surface area contributed by atoms with Crippen LogP contribution in [0.25, 0.3) is 5.65 Å². The molecule has 0 atom stereocenters. The Bertz CT molecular complexity index is 964. The molecule has 0 unspecified atom stereocenters. The van der Waals surface area contributed by atoms with E-state index >= 15 is 0 Å². The molecule has 1 aliphatic heterocycles. The monoisotopic (exact) mass is 366 g/mol. The average molecular weight is 366 g/mol. The quantitative estimate of drug-likeness (QED) is 0.708. The maximum absolute atomic E-state index is 13.1. The predicted molar refractivity (Wildman–Crippen MR) is 104 cm³/mol. The lowest BCUT2D eigenvalue weighted by Crippen LogP contribution is -2.49. The van der Waals surface area contributed by atoms with Gasteiger partial charge in [-0.15, -0.1) is 0 Å². The van der Waals surface area contributed by atoms with Crippen LogP contribution in [0.2, 0.25) is 0 Å². The standard InChI is InChI=1S/C20H26N6O/c1-15-14-16(2)26(22-15)13-10-23-8-11-24(12-9-23)20(27)19-17(3)21-18-6-4-5-7-25(18)19/h4-7,14H,8-13H2,1-3H3. The number of pyridine rings is 1. The van der Waals surface area contributed by atoms with E-state index in [-0.39, 0.29) is 5.91 Å². The minimum Gasteiger partial charge on any atom is -0.335 e. The lowest BCUT2D eigenvalue weighted by Gasteiger charge is -2.34. The maximum Gasteiger partial charge on any atom is 0.272 e. The molecule has 0 aliphatic carbocycles. The van der Waals surface area contributed by atoms with Crippen LogP contribution >= 0.6 is 0 Å². The lowest BCUT2D eigenvalue weighted by molar-refractivity contribution is 0.0624. The molecule has 0 saturated carbocycles. The minimum atomic E-state index is 0.0735. The zero-order valence-electron chi connectivity index (χ0n) is 16.2. The summed E-state index contributed by atoms with van der Waals surface area (Å²) in [5.74, 6) is 0.0735. The van der Waals surface area contributed by atoms with Crippen molar-refractivity contribution in [3.63, 3.8) is 0 Å². The summed E-state index contributed by atoms with van der Waals surface area (Å²) in [7, 11) is 0. The largest absolute Gasteiger partial charge is 0.335 e. The highest BCUT2D eigenvalue weighted by atomic mass is 16.2. The summed E-state index contributed by atoms with van der Waals surface area (Å²) >= 11 is 0. The van der Waals surface area contributed by atoms with Crippen molar-refractivity contribution < 1.29 is 4.79 Å². The molecule has 4 rings (SSSR count). The fourth-order valence-corrected chi connectivity index (χ4v) is 3.83. The van der Waals surface area contributed by atoms with Gasteiger partial charge in [0.1, 0.15) is 11.3 Å². The van der Waals surface area contributed by atoms with Crippen LogP contribution in [0.5, 0.6) is 0 Å². The topological polar surface area (TPSA) is 58.7 Å². The number of piperazine rings is 1. The summed E-state index contributed by atoms with van der Waals surface area (Å²) in [6, 6.07) is 7.91. The first kappa shape index (κ1) is 17.7. The van der Waals surface area contributed by atoms with Gasteiger partial charge in [0.2, 0.25) is 0 Å². The van der Waals surface area contributed by atoms with Gasteiger partial charge in [-0.25, -0.2) is 4.98 Å². The fourth-order valence-electron chi connectivity index (χ4n) is 3.83. The number of amides is 1. The Morgan fingerprint density at radius 2 is 1.85 bits per heavy atom. The number of aromatic nitrogens is 4. The number of hydrogen-bond donors (Lipinski definition) is 0. The molecule has 0 N–H and O–H groups in total. The third-order valence-electron chi connectivity index (χ3n) is 5.30. The second-order valence-electron chi connectivity index (χ2n) is 7.26. The summed E-state index contributed by atoms with van der Waals surface area (Å²) in [6.07, 6.45) is 1.91. The number of fused-ring (bicyclic) bond motifs is 1. The van der Waals surface area contributed by atoms with E-state index < -0.39 is 0 Å². The third-order valence-corrected chi connectivity index (χ3v) is 5.30. The van der Waals surface area contributed by atoms with Gasteiger partial charge in [-0.2, -0.15) is 5.10 Å². The van der Waals surface area contributed by atoms with E-state index in [0.29, 0.717) is 5.69 Å². The molecular formula is C20H26N6O. The molecule has 7 heteroatoms. The molecule has 0 spiro atoms. The van der Waals surface area contributed by atoms with E-state index in [2.05, 4.69) is 32.7 Å². The minimum absolute atomic E-state index is 0.0735. The van der Waals surface area contributed by atoms with E-state index in [0.717, 1.165) is 56.3 Å². The highest BCUT2D eigenvalue weighted by Gasteiger charge is 2.26. The number of carbonyl (C=O) groups is 1. The van der Waals surface area contributed by atoms with E-state index in [1.54, 1.807) is 0 Å². The summed E-state index contributed by atoms with van der Waals surface area (Å²) in [6.45, 7) is 11.1. The van der Waals surface area contributed by atoms with Gasteiger partial charge in [0, 0.05) is 44.6 Å². The number of rotatable bonds is 4. The summed E-state index contributed by atoms with van der Waals surface area (Å²) < 4.78 is 3.96. The van der Waals surface area contributed by atoms with Crippen LogP contribution in [0.1, 0.15) is 27.6 Å². The molecule has 1 fully saturated rings. The van der Waals surface area contributed by atoms with Crippen molar-refractivity contribution in [2.45, 2.75) is 27.3 Å². The van der Waals surface area contributed by atoms with E-state index in [1.165, 1.54) is 5.69 Å². The molecule has 0 bridgehead atoms. The molecule has 0 radical (unpaired) electrons. The number of hydrogen-bond acceptors (Lipinski definition) is 4. The van der Waals surface area contributed by atoms with Gasteiger partial charge in [-0.3, -0.25) is 18.8 Å². The second-order valence-corrected chi connectivity index (χ2v) is 7.26. The number of carbonyl (C=O) groups excluding carboxylic acids is 1. The van der Waals surface area contributed by atoms with Gasteiger partial charge in [0.25, 0.3) is 5.91 Å². The van der Waals surface area contributed by atoms with Crippen LogP contribution in [0.15, 0.2) is 30.5 Å². The molecule has 0 aromatic carbocycles. The van der Waals surface area contributed by atoms with Crippen LogP contribution in [0.4, 0.5) is 0 Å². The molecule has 1 saturated heterocycles. The molecule has 1 aliphatic rings. The van der Waals surface area contributed by atoms with Gasteiger partial charge < -0.3 is 4.90 Å². The van der Waals surface area contributed by atoms with Crippen molar-refractivity contribution >= 4 is 11.6 Å². The van der Waals surface area contributed by atoms with Crippen LogP contribution in [-0.2, 0) is 6.54 Å². The number of nitrogens with zero attached hydrogens (tertiary/aromatic N) is 6. The lowest BCUT2D eigenvalue weighted by atomic mass is 10.2. The van der Waals surface area contributed by atoms with Gasteiger partial charge in [-0.1, -0.05) is 6.07 Å². The SMILES string of the molecule is Cc1cc(C)n(CCN2CCN(C(=O)c3c(C)nc4ccccn34)CC2)n1. The van der Waals surface area contributed by atoms with E-state index in [1.807, 2.05) is 47.5 Å². The van der Waals surface area contributed by atoms with Gasteiger partial charge in [-0.05, 0) is 39.0 Å². The maximum atomic E-state index is 13.1. The van der Waals surface area contributed by atoms with Crippen molar-refractivity contribution in [2.24, 2.45) is 0 Å². The average Bonchev–Trinajstić information content (AvgIpc) is 3.17. The Morgan fingerprint density at radius 1 is 1.07 bits per heavy atom. The van der Waals surface area contributed by atoms with E-state index in [4.69, 9.17) is 0 Å². The molecular weight excluding hydrogens is 340 g/mol. The zero-order chi connectivity index (χ0) is 19.0. The first-order valence-corrected chi connectivity index (χ1v) is 9.49. The molecule has 3 aromatic heterocycles. The molecule has 27 heavy (non-hydrogen) atoms. The summed E-state index contributed by atoms with van der Waals surface area (Å²) in [5.41, 5.74) is 4.55. The van der Waals surface area contributed by atoms with Crippen molar-refractivity contribution in [2.75, 3.05) is 32.7 Å². The van der Waals surface area contributed by atoms with Crippen molar-refractivity contribution in [1.29, 1.82) is 0 Å². The molecule has 4 heterocycles. The molecule has 7 nitrogen and oxygen atoms in total. The van der Waals surface area contributed by atoms with Gasteiger partial charge in [0.15, 0.2) is 0 Å². The van der Waals surface area contributed by atoms with Crippen molar-refractivity contribution in [3.05, 3.63) is 53.2 Å². The second kappa shape index (κ2) is 7.15. The Kier molecular flexibility index (Phi) is 4.70. The normalized spacial score (nSPS) is 15.6. The first-order chi connectivity index (χ1) is 13.0. The van der Waals surface area contributed by atoms with Crippen molar-refractivity contribution in [1.82, 2.24) is 29.0 Å². The molecule has 3 aromatic rings. The highest BCUT2D eigenvalue weighted by molar-refractivity contribution is 5.94. The fraction of sp³-hybridized carbons (Fsp3) is 0.450. The van der Waals surface area contributed by atoms with Crippen LogP contribution in [0.3, 0.4) is 0 Å². The zero-order valence-corrected chi connectivity index (χ0v) is 16.2. The van der Waals surface area contributed by atoms with Crippen LogP contribution in [0, 0.1) is 20.8 Å². The van der Waals surface area contributed by atoms with Crippen LogP contribution in [-0.4, -0.2) is 67.6 Å². The Balaban J connectivity index is 1.38. The van der Waals surface area contributed by atoms with E-state index in [9.17, 15) is 4.79 Å². The molecule has 1 amide bonds. The van der Waals surface area contributed by atoms with Crippen LogP contribution < -0.4 is 0 Å². The summed E-state index contributed by atoms with van der Waals surface area (Å²) in [4.78, 5) is 21.9. The van der Waals surface area contributed by atoms with Gasteiger partial charge in [0.05, 0.1) is 17.9 Å². The highest BCUT2D eigenvalue weighted by Crippen LogP contribution is 2.15. The Hall–Kier alpha value is -2.67. The number of imidazole rings is 1. The number of aryl methyl sites for hydroxylation is 3. The summed E-state index contributed by atoms with van der Waals surface area (Å²) in [5, 5.41) is 4.53. The first-order valence-electron chi connectivity index (χ1n) is 9.49. The predicted octanol–water partition coefficient (Wildman–Crippen LogP) is 1.91. The molecule has 142 valence electrons. The third kappa shape index (κ3) is 3.47. The smallest absolute Gasteiger partial charge is 0.272 e. The van der Waals surface area contributed by atoms with Crippen molar-refractivity contribution in [3.8, 4) is 0 Å².